The molecule has 0 aliphatic rings. The number of rotatable bonds is 3. The van der Waals surface area contributed by atoms with E-state index in [-0.39, 0.29) is 5.97 Å². The molecule has 0 radical (unpaired) electrons. The normalized spacial score (nSPS) is 9.93. The minimum Gasteiger partial charge on any atom is -0.478 e. The number of esters is 1. The van der Waals surface area contributed by atoms with Gasteiger partial charge < -0.3 is 9.84 Å². The van der Waals surface area contributed by atoms with E-state index in [9.17, 15) is 9.59 Å². The molecule has 0 atom stereocenters. The maximum absolute atomic E-state index is 10.1. The van der Waals surface area contributed by atoms with Gasteiger partial charge in [-0.2, -0.15) is 0 Å². The second-order valence-electron chi connectivity index (χ2n) is 2.50. The molecule has 7 heteroatoms. The van der Waals surface area contributed by atoms with Crippen molar-refractivity contribution in [1.29, 1.82) is 0 Å². The predicted molar refractivity (Wildman–Crippen MR) is 59.5 cm³/mol. The summed E-state index contributed by atoms with van der Waals surface area (Å²) in [5, 5.41) is 7.85. The summed E-state index contributed by atoms with van der Waals surface area (Å²) in [6.45, 7) is 4.06. The van der Waals surface area contributed by atoms with Gasteiger partial charge in [-0.25, -0.2) is 4.79 Å². The van der Waals surface area contributed by atoms with Crippen LogP contribution in [0.5, 0.6) is 0 Å². The number of halogens is 3. The second-order valence-corrected chi connectivity index (χ2v) is 4.78. The summed E-state index contributed by atoms with van der Waals surface area (Å²) >= 11 is 14.4. The van der Waals surface area contributed by atoms with Crippen molar-refractivity contribution in [3.63, 3.8) is 0 Å². The first kappa shape index (κ1) is 17.2. The lowest BCUT2D eigenvalue weighted by Gasteiger charge is -1.99. The molecule has 0 aliphatic carbocycles. The van der Waals surface area contributed by atoms with Gasteiger partial charge >= 0.3 is 11.9 Å². The Balaban J connectivity index is 0. The summed E-state index contributed by atoms with van der Waals surface area (Å²) in [5.74, 6) is -1.64. The zero-order valence-corrected chi connectivity index (χ0v) is 10.7. The Morgan fingerprint density at radius 2 is 1.73 bits per heavy atom. The Bertz CT molecular complexity index is 201. The molecule has 0 heterocycles. The molecule has 0 saturated carbocycles. The third kappa shape index (κ3) is 16.5. The van der Waals surface area contributed by atoms with Crippen molar-refractivity contribution in [2.75, 3.05) is 6.61 Å². The number of aliphatic carboxylic acids is 1. The van der Waals surface area contributed by atoms with E-state index in [1.807, 2.05) is 0 Å². The van der Waals surface area contributed by atoms with Crippen LogP contribution in [0.2, 0.25) is 0 Å². The molecule has 0 rings (SSSR count). The van der Waals surface area contributed by atoms with Crippen LogP contribution in [-0.4, -0.2) is 27.4 Å². The van der Waals surface area contributed by atoms with Crippen molar-refractivity contribution >= 4 is 46.7 Å². The number of unbranched alkanes of at least 4 members (excludes halogenated alkanes) is 1. The maximum atomic E-state index is 10.1. The lowest BCUT2D eigenvalue weighted by atomic mass is 10.4. The molecule has 0 spiro atoms. The van der Waals surface area contributed by atoms with Crippen LogP contribution < -0.4 is 0 Å². The fourth-order valence-electron chi connectivity index (χ4n) is 0.360. The lowest BCUT2D eigenvalue weighted by molar-refractivity contribution is -0.141. The third-order valence-electron chi connectivity index (χ3n) is 1.05. The van der Waals surface area contributed by atoms with Gasteiger partial charge in [-0.3, -0.25) is 4.79 Å². The first-order chi connectivity index (χ1) is 6.71. The first-order valence-corrected chi connectivity index (χ1v) is 5.28. The molecule has 0 aliphatic heterocycles. The summed E-state index contributed by atoms with van der Waals surface area (Å²) in [6, 6.07) is 0. The van der Waals surface area contributed by atoms with Crippen LogP contribution in [0.15, 0.2) is 0 Å². The number of carbonyl (C=O) groups is 2. The van der Waals surface area contributed by atoms with E-state index < -0.39 is 9.76 Å². The summed E-state index contributed by atoms with van der Waals surface area (Å²) < 4.78 is 2.48. The highest BCUT2D eigenvalue weighted by atomic mass is 35.6. The lowest BCUT2D eigenvalue weighted by Crippen LogP contribution is -2.16. The molecule has 0 saturated heterocycles. The van der Waals surface area contributed by atoms with Crippen molar-refractivity contribution < 1.29 is 19.4 Å². The highest BCUT2D eigenvalue weighted by molar-refractivity contribution is 6.75. The standard InChI is InChI=1S/C6H12O2.C2HCl3O2/c1-3-4-5-8-6(2)7;3-2(4,5)1(6)7/h3-5H2,1-2H3;(H,6,7). The first-order valence-electron chi connectivity index (χ1n) is 4.15. The fraction of sp³-hybridized carbons (Fsp3) is 0.750. The molecular weight excluding hydrogens is 266 g/mol. The van der Waals surface area contributed by atoms with E-state index in [0.717, 1.165) is 12.8 Å². The Hall–Kier alpha value is -0.190. The second kappa shape index (κ2) is 9.07. The summed E-state index contributed by atoms with van der Waals surface area (Å²) in [4.78, 5) is 19.7. The number of hydrogen-bond acceptors (Lipinski definition) is 3. The van der Waals surface area contributed by atoms with E-state index >= 15 is 0 Å². The Morgan fingerprint density at radius 3 is 1.93 bits per heavy atom. The third-order valence-corrected chi connectivity index (χ3v) is 1.53. The van der Waals surface area contributed by atoms with Gasteiger partial charge in [-0.15, -0.1) is 0 Å². The van der Waals surface area contributed by atoms with Crippen LogP contribution in [-0.2, 0) is 14.3 Å². The van der Waals surface area contributed by atoms with E-state index in [1.165, 1.54) is 6.92 Å². The van der Waals surface area contributed by atoms with Crippen molar-refractivity contribution in [1.82, 2.24) is 0 Å². The molecule has 1 N–H and O–H groups in total. The zero-order chi connectivity index (χ0) is 12.5. The topological polar surface area (TPSA) is 63.6 Å². The van der Waals surface area contributed by atoms with Crippen LogP contribution in [0.3, 0.4) is 0 Å². The number of carbonyl (C=O) groups excluding carboxylic acids is 1. The Kier molecular flexibility index (Phi) is 10.4. The van der Waals surface area contributed by atoms with Crippen LogP contribution >= 0.6 is 34.8 Å². The molecule has 0 aromatic heterocycles. The van der Waals surface area contributed by atoms with Gasteiger partial charge in [-0.05, 0) is 6.42 Å². The maximum Gasteiger partial charge on any atom is 0.356 e. The molecule has 4 nitrogen and oxygen atoms in total. The van der Waals surface area contributed by atoms with Gasteiger partial charge in [0.15, 0.2) is 0 Å². The largest absolute Gasteiger partial charge is 0.478 e. The minimum atomic E-state index is -2.17. The average Bonchev–Trinajstić information content (AvgIpc) is 2.03. The number of hydrogen-bond donors (Lipinski definition) is 1. The van der Waals surface area contributed by atoms with Crippen molar-refractivity contribution in [3.05, 3.63) is 0 Å². The molecule has 0 fully saturated rings. The van der Waals surface area contributed by atoms with Crippen LogP contribution in [0.1, 0.15) is 26.7 Å². The molecule has 15 heavy (non-hydrogen) atoms. The fourth-order valence-corrected chi connectivity index (χ4v) is 0.360. The van der Waals surface area contributed by atoms with Crippen molar-refractivity contribution in [2.24, 2.45) is 0 Å². The molecule has 0 aromatic rings. The van der Waals surface area contributed by atoms with Crippen LogP contribution in [0, 0.1) is 0 Å². The van der Waals surface area contributed by atoms with E-state index in [1.54, 1.807) is 0 Å². The van der Waals surface area contributed by atoms with Crippen molar-refractivity contribution in [2.45, 2.75) is 30.5 Å². The van der Waals surface area contributed by atoms with Gasteiger partial charge in [0.2, 0.25) is 0 Å². The van der Waals surface area contributed by atoms with Crippen LogP contribution in [0.4, 0.5) is 0 Å². The highest BCUT2D eigenvalue weighted by Gasteiger charge is 2.29. The Morgan fingerprint density at radius 1 is 1.33 bits per heavy atom. The zero-order valence-electron chi connectivity index (χ0n) is 8.43. The monoisotopic (exact) mass is 278 g/mol. The van der Waals surface area contributed by atoms with Gasteiger partial charge in [0.25, 0.3) is 3.79 Å². The van der Waals surface area contributed by atoms with Crippen LogP contribution in [0.25, 0.3) is 0 Å². The number of carboxylic acids is 1. The number of alkyl halides is 3. The van der Waals surface area contributed by atoms with Gasteiger partial charge in [0.1, 0.15) is 0 Å². The molecule has 0 bridgehead atoms. The summed E-state index contributed by atoms with van der Waals surface area (Å²) in [7, 11) is 0. The van der Waals surface area contributed by atoms with E-state index in [2.05, 4.69) is 11.7 Å². The summed E-state index contributed by atoms with van der Waals surface area (Å²) in [6.07, 6.45) is 2.05. The summed E-state index contributed by atoms with van der Waals surface area (Å²) in [5.41, 5.74) is 0. The molecule has 0 aromatic carbocycles. The minimum absolute atomic E-state index is 0.182. The average molecular weight is 280 g/mol. The quantitative estimate of drug-likeness (QED) is 0.490. The Labute approximate surface area is 103 Å². The highest BCUT2D eigenvalue weighted by Crippen LogP contribution is 2.25. The smallest absolute Gasteiger partial charge is 0.356 e. The van der Waals surface area contributed by atoms with E-state index in [0.29, 0.717) is 6.61 Å². The molecule has 0 unspecified atom stereocenters. The van der Waals surface area contributed by atoms with E-state index in [4.69, 9.17) is 39.9 Å². The van der Waals surface area contributed by atoms with Gasteiger partial charge in [0.05, 0.1) is 6.61 Å². The molecule has 0 amide bonds. The SMILES string of the molecule is CCCCOC(C)=O.O=C(O)C(Cl)(Cl)Cl. The van der Waals surface area contributed by atoms with Gasteiger partial charge in [0, 0.05) is 6.92 Å². The van der Waals surface area contributed by atoms with Crippen molar-refractivity contribution in [3.8, 4) is 0 Å². The number of carboxylic acid groups (broad SMARTS) is 1. The molecular formula is C8H13Cl3O4. The predicted octanol–water partition coefficient (Wildman–Crippen LogP) is 2.79. The number of ether oxygens (including phenoxy) is 1. The van der Waals surface area contributed by atoms with Gasteiger partial charge in [-0.1, -0.05) is 48.1 Å². The molecule has 90 valence electrons.